The first-order chi connectivity index (χ1) is 14.4. The summed E-state index contributed by atoms with van der Waals surface area (Å²) in [6, 6.07) is 11.2. The van der Waals surface area contributed by atoms with Crippen molar-refractivity contribution in [3.63, 3.8) is 0 Å². The van der Waals surface area contributed by atoms with Crippen molar-refractivity contribution in [3.05, 3.63) is 80.7 Å². The van der Waals surface area contributed by atoms with Gasteiger partial charge in [-0.25, -0.2) is 4.99 Å². The second kappa shape index (κ2) is 8.13. The van der Waals surface area contributed by atoms with E-state index in [1.54, 1.807) is 49.7 Å². The number of hydrogen-bond acceptors (Lipinski definition) is 7. The molecule has 10 heteroatoms. The number of pyridine rings is 1. The number of rotatable bonds is 4. The second-order valence-electron chi connectivity index (χ2n) is 6.21. The number of benzene rings is 1. The van der Waals surface area contributed by atoms with E-state index in [2.05, 4.69) is 9.98 Å². The number of thioether (sulfide) groups is 1. The zero-order chi connectivity index (χ0) is 21.3. The molecule has 3 aromatic rings. The summed E-state index contributed by atoms with van der Waals surface area (Å²) < 4.78 is 5.77. The first-order valence-corrected chi connectivity index (χ1v) is 9.82. The van der Waals surface area contributed by atoms with E-state index in [0.717, 1.165) is 0 Å². The lowest BCUT2D eigenvalue weighted by Gasteiger charge is -2.07. The minimum atomic E-state index is -0.463. The summed E-state index contributed by atoms with van der Waals surface area (Å²) in [6.45, 7) is 0. The van der Waals surface area contributed by atoms with Crippen LogP contribution in [0.1, 0.15) is 5.76 Å². The van der Waals surface area contributed by atoms with Crippen molar-refractivity contribution in [1.29, 1.82) is 0 Å². The van der Waals surface area contributed by atoms with Crippen LogP contribution in [-0.2, 0) is 4.79 Å². The van der Waals surface area contributed by atoms with Crippen LogP contribution in [0.4, 0.5) is 11.4 Å². The van der Waals surface area contributed by atoms with Gasteiger partial charge in [0.05, 0.1) is 20.5 Å². The first-order valence-electron chi connectivity index (χ1n) is 8.63. The van der Waals surface area contributed by atoms with Gasteiger partial charge in [0.25, 0.3) is 11.6 Å². The largest absolute Gasteiger partial charge is 0.457 e. The van der Waals surface area contributed by atoms with Gasteiger partial charge < -0.3 is 4.42 Å². The Hall–Kier alpha value is -3.43. The fourth-order valence-electron chi connectivity index (χ4n) is 2.70. The Balaban J connectivity index is 1.60. The van der Waals surface area contributed by atoms with Crippen molar-refractivity contribution in [2.45, 2.75) is 0 Å². The molecule has 1 aliphatic rings. The highest BCUT2D eigenvalue weighted by molar-refractivity contribution is 8.18. The Labute approximate surface area is 180 Å². The number of furan rings is 1. The average molecular weight is 441 g/mol. The quantitative estimate of drug-likeness (QED) is 0.316. The standard InChI is InChI=1S/C20H13ClN4O4S/c1-24-19(26)18(30-20(24)23-16-7-8-22-11-15(16)21)10-14-5-6-17(29-14)12-3-2-4-13(9-12)25(27)28/h2-11H,1H3/b18-10+,23-20?. The molecule has 1 amide bonds. The molecule has 8 nitrogen and oxygen atoms in total. The fourth-order valence-corrected chi connectivity index (χ4v) is 3.82. The number of amidine groups is 1. The SMILES string of the molecule is CN1C(=O)/C(=C\c2ccc(-c3cccc([N+](=O)[O-])c3)o2)SC1=Nc1ccncc1Cl. The topological polar surface area (TPSA) is 102 Å². The van der Waals surface area contributed by atoms with Gasteiger partial charge in [-0.05, 0) is 30.0 Å². The lowest BCUT2D eigenvalue weighted by Crippen LogP contribution is -2.23. The molecule has 150 valence electrons. The molecule has 0 spiro atoms. The fraction of sp³-hybridized carbons (Fsp3) is 0.0500. The maximum atomic E-state index is 12.6. The number of likely N-dealkylation sites (N-methyl/N-ethyl adjacent to an activating group) is 1. The molecule has 1 saturated heterocycles. The van der Waals surface area contributed by atoms with Gasteiger partial charge in [-0.15, -0.1) is 0 Å². The number of carbonyl (C=O) groups is 1. The number of aliphatic imine (C=N–C) groups is 1. The molecule has 3 heterocycles. The van der Waals surface area contributed by atoms with E-state index in [1.165, 1.54) is 35.0 Å². The summed E-state index contributed by atoms with van der Waals surface area (Å²) in [6.07, 6.45) is 4.67. The summed E-state index contributed by atoms with van der Waals surface area (Å²) in [7, 11) is 1.63. The molecule has 1 aromatic carbocycles. The van der Waals surface area contributed by atoms with Crippen LogP contribution in [-0.4, -0.2) is 32.9 Å². The Bertz CT molecular complexity index is 1220. The van der Waals surface area contributed by atoms with E-state index >= 15 is 0 Å². The Morgan fingerprint density at radius 2 is 2.13 bits per heavy atom. The third-order valence-corrected chi connectivity index (χ3v) is 5.56. The molecular formula is C20H13ClN4O4S. The lowest BCUT2D eigenvalue weighted by atomic mass is 10.1. The number of nitro groups is 1. The molecule has 0 saturated carbocycles. The van der Waals surface area contributed by atoms with Gasteiger partial charge in [0, 0.05) is 43.2 Å². The molecule has 4 rings (SSSR count). The molecular weight excluding hydrogens is 428 g/mol. The van der Waals surface area contributed by atoms with Crippen molar-refractivity contribution >= 4 is 51.9 Å². The number of halogens is 1. The number of amides is 1. The molecule has 2 aromatic heterocycles. The predicted molar refractivity (Wildman–Crippen MR) is 115 cm³/mol. The van der Waals surface area contributed by atoms with E-state index in [9.17, 15) is 14.9 Å². The maximum absolute atomic E-state index is 12.6. The molecule has 30 heavy (non-hydrogen) atoms. The predicted octanol–water partition coefficient (Wildman–Crippen LogP) is 5.14. The van der Waals surface area contributed by atoms with Gasteiger partial charge in [0.15, 0.2) is 5.17 Å². The summed E-state index contributed by atoms with van der Waals surface area (Å²) in [5, 5.41) is 11.8. The maximum Gasteiger partial charge on any atom is 0.270 e. The highest BCUT2D eigenvalue weighted by atomic mass is 35.5. The first kappa shape index (κ1) is 19.9. The normalized spacial score (nSPS) is 16.6. The van der Waals surface area contributed by atoms with Crippen molar-refractivity contribution in [3.8, 4) is 11.3 Å². The third-order valence-electron chi connectivity index (χ3n) is 4.21. The van der Waals surface area contributed by atoms with E-state index < -0.39 is 4.92 Å². The van der Waals surface area contributed by atoms with Crippen LogP contribution in [0.15, 0.2) is 69.2 Å². The molecule has 0 bridgehead atoms. The van der Waals surface area contributed by atoms with Gasteiger partial charge >= 0.3 is 0 Å². The number of non-ortho nitro benzene ring substituents is 1. The van der Waals surface area contributed by atoms with Gasteiger partial charge in [0.2, 0.25) is 0 Å². The van der Waals surface area contributed by atoms with Crippen LogP contribution >= 0.6 is 23.4 Å². The third kappa shape index (κ3) is 3.98. The highest BCUT2D eigenvalue weighted by Crippen LogP contribution is 2.35. The number of aromatic nitrogens is 1. The summed E-state index contributed by atoms with van der Waals surface area (Å²) >= 11 is 7.29. The highest BCUT2D eigenvalue weighted by Gasteiger charge is 2.31. The van der Waals surface area contributed by atoms with E-state index in [1.807, 2.05) is 0 Å². The molecule has 0 aliphatic carbocycles. The van der Waals surface area contributed by atoms with Crippen LogP contribution in [0, 0.1) is 10.1 Å². The zero-order valence-corrected chi connectivity index (χ0v) is 17.1. The Morgan fingerprint density at radius 1 is 1.30 bits per heavy atom. The summed E-state index contributed by atoms with van der Waals surface area (Å²) in [5.41, 5.74) is 1.06. The Kier molecular flexibility index (Phi) is 5.39. The van der Waals surface area contributed by atoms with E-state index in [0.29, 0.717) is 37.9 Å². The molecule has 0 radical (unpaired) electrons. The Morgan fingerprint density at radius 3 is 2.90 bits per heavy atom. The molecule has 1 fully saturated rings. The van der Waals surface area contributed by atoms with Gasteiger partial charge in [-0.1, -0.05) is 23.7 Å². The number of carbonyl (C=O) groups excluding carboxylic acids is 1. The van der Waals surface area contributed by atoms with Crippen LogP contribution in [0.5, 0.6) is 0 Å². The van der Waals surface area contributed by atoms with Crippen LogP contribution in [0.2, 0.25) is 5.02 Å². The van der Waals surface area contributed by atoms with Gasteiger partial charge in [0.1, 0.15) is 11.5 Å². The van der Waals surface area contributed by atoms with Gasteiger partial charge in [-0.2, -0.15) is 0 Å². The lowest BCUT2D eigenvalue weighted by molar-refractivity contribution is -0.384. The molecule has 0 N–H and O–H groups in total. The van der Waals surface area contributed by atoms with Crippen molar-refractivity contribution in [2.24, 2.45) is 4.99 Å². The average Bonchev–Trinajstić information content (AvgIpc) is 3.31. The summed E-state index contributed by atoms with van der Waals surface area (Å²) in [5.74, 6) is 0.688. The minimum Gasteiger partial charge on any atom is -0.457 e. The molecule has 0 atom stereocenters. The van der Waals surface area contributed by atoms with Crippen LogP contribution in [0.25, 0.3) is 17.4 Å². The smallest absolute Gasteiger partial charge is 0.270 e. The van der Waals surface area contributed by atoms with Crippen molar-refractivity contribution in [1.82, 2.24) is 9.88 Å². The van der Waals surface area contributed by atoms with Crippen LogP contribution in [0.3, 0.4) is 0 Å². The van der Waals surface area contributed by atoms with E-state index in [-0.39, 0.29) is 11.6 Å². The van der Waals surface area contributed by atoms with Crippen LogP contribution < -0.4 is 0 Å². The van der Waals surface area contributed by atoms with Gasteiger partial charge in [-0.3, -0.25) is 24.8 Å². The molecule has 1 aliphatic heterocycles. The monoisotopic (exact) mass is 440 g/mol. The zero-order valence-electron chi connectivity index (χ0n) is 15.5. The number of nitro benzene ring substituents is 1. The van der Waals surface area contributed by atoms with Crippen molar-refractivity contribution < 1.29 is 14.1 Å². The van der Waals surface area contributed by atoms with Crippen molar-refractivity contribution in [2.75, 3.05) is 7.05 Å². The van der Waals surface area contributed by atoms with E-state index in [4.69, 9.17) is 16.0 Å². The number of hydrogen-bond donors (Lipinski definition) is 0. The number of nitrogens with zero attached hydrogens (tertiary/aromatic N) is 4. The molecule has 0 unspecified atom stereocenters. The summed E-state index contributed by atoms with van der Waals surface area (Å²) in [4.78, 5) is 33.3. The minimum absolute atomic E-state index is 0.0254. The second-order valence-corrected chi connectivity index (χ2v) is 7.62.